The normalized spacial score (nSPS) is 10.2. The quantitative estimate of drug-likeness (QED) is 0.717. The van der Waals surface area contributed by atoms with E-state index in [2.05, 4.69) is 5.32 Å². The number of carbonyl (C=O) groups is 2. The van der Waals surface area contributed by atoms with Gasteiger partial charge in [0, 0.05) is 16.8 Å². The van der Waals surface area contributed by atoms with Crippen LogP contribution in [0.4, 0.5) is 5.69 Å². The van der Waals surface area contributed by atoms with Crippen molar-refractivity contribution in [1.29, 1.82) is 0 Å². The third kappa shape index (κ3) is 4.27. The molecule has 0 radical (unpaired) electrons. The van der Waals surface area contributed by atoms with Gasteiger partial charge in [-0.2, -0.15) is 0 Å². The maximum atomic E-state index is 12.2. The topological polar surface area (TPSA) is 81.4 Å². The molecule has 3 aromatic carbocycles. The smallest absolute Gasteiger partial charge is 0.262 e. The highest BCUT2D eigenvalue weighted by atomic mass is 16.5. The molecule has 0 unspecified atom stereocenters. The minimum absolute atomic E-state index is 0.148. The first kappa shape index (κ1) is 17.2. The number of amides is 2. The summed E-state index contributed by atoms with van der Waals surface area (Å²) < 4.78 is 5.70. The fourth-order valence-electron chi connectivity index (χ4n) is 2.54. The molecule has 3 aromatic rings. The van der Waals surface area contributed by atoms with Gasteiger partial charge in [0.05, 0.1) is 0 Å². The molecule has 26 heavy (non-hydrogen) atoms. The number of ether oxygens (including phenoxy) is 1. The van der Waals surface area contributed by atoms with Crippen molar-refractivity contribution in [2.24, 2.45) is 5.73 Å². The van der Waals surface area contributed by atoms with Crippen LogP contribution in [0.15, 0.2) is 78.9 Å². The lowest BCUT2D eigenvalue weighted by atomic mass is 10.1. The summed E-state index contributed by atoms with van der Waals surface area (Å²) in [6.45, 7) is -0.148. The summed E-state index contributed by atoms with van der Waals surface area (Å²) in [5, 5.41) is 2.69. The molecule has 3 N–H and O–H groups in total. The number of rotatable bonds is 6. The molecule has 0 aliphatic carbocycles. The molecule has 2 amide bonds. The molecule has 0 bridgehead atoms. The summed E-state index contributed by atoms with van der Waals surface area (Å²) in [5.74, 6) is -0.247. The van der Waals surface area contributed by atoms with E-state index in [1.807, 2.05) is 54.6 Å². The first-order valence-electron chi connectivity index (χ1n) is 8.10. The Labute approximate surface area is 151 Å². The van der Waals surface area contributed by atoms with Gasteiger partial charge in [-0.1, -0.05) is 54.6 Å². The van der Waals surface area contributed by atoms with Crippen LogP contribution in [-0.2, 0) is 4.79 Å². The summed E-state index contributed by atoms with van der Waals surface area (Å²) in [4.78, 5) is 23.4. The summed E-state index contributed by atoms with van der Waals surface area (Å²) >= 11 is 0. The first-order chi connectivity index (χ1) is 12.6. The zero-order valence-electron chi connectivity index (χ0n) is 14.0. The lowest BCUT2D eigenvalue weighted by Gasteiger charge is -2.12. The second kappa shape index (κ2) is 7.98. The Bertz CT molecular complexity index is 923. The van der Waals surface area contributed by atoms with Crippen LogP contribution in [0.25, 0.3) is 11.1 Å². The van der Waals surface area contributed by atoms with Crippen molar-refractivity contribution in [2.45, 2.75) is 0 Å². The molecule has 0 aliphatic rings. The number of hydrogen-bond donors (Lipinski definition) is 2. The molecule has 5 nitrogen and oxygen atoms in total. The Morgan fingerprint density at radius 3 is 2.38 bits per heavy atom. The second-order valence-corrected chi connectivity index (χ2v) is 5.64. The molecule has 0 aromatic heterocycles. The van der Waals surface area contributed by atoms with Gasteiger partial charge in [0.1, 0.15) is 5.75 Å². The largest absolute Gasteiger partial charge is 0.483 e. The van der Waals surface area contributed by atoms with Gasteiger partial charge in [0.25, 0.3) is 5.91 Å². The van der Waals surface area contributed by atoms with E-state index >= 15 is 0 Å². The molecule has 0 fully saturated rings. The molecule has 0 heterocycles. The number of para-hydroxylation sites is 1. The van der Waals surface area contributed by atoms with Crippen LogP contribution >= 0.6 is 0 Å². The monoisotopic (exact) mass is 346 g/mol. The molecule has 0 aliphatic heterocycles. The van der Waals surface area contributed by atoms with Gasteiger partial charge in [0.2, 0.25) is 5.91 Å². The van der Waals surface area contributed by atoms with Crippen LogP contribution in [0.1, 0.15) is 10.4 Å². The molecule has 0 saturated heterocycles. The summed E-state index contributed by atoms with van der Waals surface area (Å²) in [7, 11) is 0. The van der Waals surface area contributed by atoms with Gasteiger partial charge in [-0.3, -0.25) is 9.59 Å². The van der Waals surface area contributed by atoms with Gasteiger partial charge in [0.15, 0.2) is 6.61 Å². The number of nitrogens with one attached hydrogen (secondary N) is 1. The van der Waals surface area contributed by atoms with Gasteiger partial charge >= 0.3 is 0 Å². The standard InChI is InChI=1S/C21H18N2O3/c22-21(25)16-9-6-10-17(13-16)23-20(24)14-26-19-12-5-4-11-18(19)15-7-2-1-3-8-15/h1-13H,14H2,(H2,22,25)(H,23,24). The Morgan fingerprint density at radius 1 is 0.885 bits per heavy atom. The fraction of sp³-hybridized carbons (Fsp3) is 0.0476. The number of anilines is 1. The highest BCUT2D eigenvalue weighted by Crippen LogP contribution is 2.29. The average molecular weight is 346 g/mol. The summed E-state index contributed by atoms with van der Waals surface area (Å²) in [6.07, 6.45) is 0. The van der Waals surface area contributed by atoms with Gasteiger partial charge < -0.3 is 15.8 Å². The van der Waals surface area contributed by atoms with Crippen molar-refractivity contribution in [3.8, 4) is 16.9 Å². The minimum Gasteiger partial charge on any atom is -0.483 e. The molecular weight excluding hydrogens is 328 g/mol. The lowest BCUT2D eigenvalue weighted by molar-refractivity contribution is -0.118. The van der Waals surface area contributed by atoms with Gasteiger partial charge in [-0.05, 0) is 29.8 Å². The van der Waals surface area contributed by atoms with Crippen LogP contribution in [0.3, 0.4) is 0 Å². The number of nitrogens with two attached hydrogens (primary N) is 1. The SMILES string of the molecule is NC(=O)c1cccc(NC(=O)COc2ccccc2-c2ccccc2)c1. The molecule has 130 valence electrons. The minimum atomic E-state index is -0.547. The average Bonchev–Trinajstić information content (AvgIpc) is 2.67. The van der Waals surface area contributed by atoms with E-state index in [1.165, 1.54) is 6.07 Å². The van der Waals surface area contributed by atoms with Crippen molar-refractivity contribution < 1.29 is 14.3 Å². The predicted octanol–water partition coefficient (Wildman–Crippen LogP) is 3.47. The van der Waals surface area contributed by atoms with Crippen molar-refractivity contribution in [2.75, 3.05) is 11.9 Å². The van der Waals surface area contributed by atoms with E-state index in [0.29, 0.717) is 17.0 Å². The maximum absolute atomic E-state index is 12.2. The van der Waals surface area contributed by atoms with E-state index < -0.39 is 5.91 Å². The third-order valence-electron chi connectivity index (χ3n) is 3.76. The molecule has 3 rings (SSSR count). The number of benzene rings is 3. The Hall–Kier alpha value is -3.60. The Balaban J connectivity index is 1.67. The zero-order chi connectivity index (χ0) is 18.4. The van der Waals surface area contributed by atoms with E-state index in [9.17, 15) is 9.59 Å². The highest BCUT2D eigenvalue weighted by Gasteiger charge is 2.09. The predicted molar refractivity (Wildman–Crippen MR) is 101 cm³/mol. The molecule has 0 saturated carbocycles. The van der Waals surface area contributed by atoms with Crippen molar-refractivity contribution in [1.82, 2.24) is 0 Å². The first-order valence-corrected chi connectivity index (χ1v) is 8.10. The van der Waals surface area contributed by atoms with E-state index in [-0.39, 0.29) is 12.5 Å². The molecular formula is C21H18N2O3. The van der Waals surface area contributed by atoms with Crippen LogP contribution in [0.5, 0.6) is 5.75 Å². The Kier molecular flexibility index (Phi) is 5.29. The number of carbonyl (C=O) groups excluding carboxylic acids is 2. The summed E-state index contributed by atoms with van der Waals surface area (Å²) in [6, 6.07) is 23.8. The maximum Gasteiger partial charge on any atom is 0.262 e. The molecule has 0 atom stereocenters. The second-order valence-electron chi connectivity index (χ2n) is 5.64. The van der Waals surface area contributed by atoms with Crippen molar-refractivity contribution in [3.05, 3.63) is 84.4 Å². The molecule has 5 heteroatoms. The fourth-order valence-corrected chi connectivity index (χ4v) is 2.54. The number of primary amides is 1. The van der Waals surface area contributed by atoms with Gasteiger partial charge in [-0.15, -0.1) is 0 Å². The Morgan fingerprint density at radius 2 is 1.62 bits per heavy atom. The number of hydrogen-bond acceptors (Lipinski definition) is 3. The van der Waals surface area contributed by atoms with E-state index in [1.54, 1.807) is 18.2 Å². The van der Waals surface area contributed by atoms with Crippen LogP contribution in [0.2, 0.25) is 0 Å². The lowest BCUT2D eigenvalue weighted by Crippen LogP contribution is -2.20. The van der Waals surface area contributed by atoms with Crippen molar-refractivity contribution in [3.63, 3.8) is 0 Å². The molecule has 0 spiro atoms. The summed E-state index contributed by atoms with van der Waals surface area (Å²) in [5.41, 5.74) is 7.99. The van der Waals surface area contributed by atoms with Crippen LogP contribution in [-0.4, -0.2) is 18.4 Å². The third-order valence-corrected chi connectivity index (χ3v) is 3.76. The van der Waals surface area contributed by atoms with Crippen LogP contribution < -0.4 is 15.8 Å². The van der Waals surface area contributed by atoms with E-state index in [4.69, 9.17) is 10.5 Å². The van der Waals surface area contributed by atoms with Crippen LogP contribution in [0, 0.1) is 0 Å². The van der Waals surface area contributed by atoms with Gasteiger partial charge in [-0.25, -0.2) is 0 Å². The van der Waals surface area contributed by atoms with E-state index in [0.717, 1.165) is 11.1 Å². The zero-order valence-corrected chi connectivity index (χ0v) is 14.0. The highest BCUT2D eigenvalue weighted by molar-refractivity contribution is 5.96. The van der Waals surface area contributed by atoms with Crippen molar-refractivity contribution >= 4 is 17.5 Å².